The molecule has 1 unspecified atom stereocenters. The standard InChI is InChI=1S/C22H23FN4O3/c1-13-10-25-21(26-13)16-5-3-15(4-6-16)19-8-7-17(9-20(19)23)27-12-18(30-22(27)29)11-24-14(2)28/h3-9,13,18H,10-12H2,1-2H3,(H,24,28)(H,25,26)/t13?,18-/m0/s1. The van der Waals surface area contributed by atoms with Crippen LogP contribution in [0.1, 0.15) is 19.4 Å². The maximum Gasteiger partial charge on any atom is 0.414 e. The zero-order valence-electron chi connectivity index (χ0n) is 16.8. The Kier molecular flexibility index (Phi) is 5.39. The molecular formula is C22H23FN4O3. The number of amides is 2. The van der Waals surface area contributed by atoms with Gasteiger partial charge in [0.2, 0.25) is 5.91 Å². The van der Waals surface area contributed by atoms with E-state index < -0.39 is 18.0 Å². The third-order valence-electron chi connectivity index (χ3n) is 5.09. The lowest BCUT2D eigenvalue weighted by atomic mass is 10.0. The van der Waals surface area contributed by atoms with Crippen LogP contribution in [0.5, 0.6) is 0 Å². The highest BCUT2D eigenvalue weighted by molar-refractivity contribution is 6.00. The Morgan fingerprint density at radius 1 is 1.27 bits per heavy atom. The molecule has 0 aromatic heterocycles. The highest BCUT2D eigenvalue weighted by Gasteiger charge is 2.32. The molecule has 2 aromatic rings. The number of nitrogens with zero attached hydrogens (tertiary/aromatic N) is 2. The maximum absolute atomic E-state index is 14.8. The average Bonchev–Trinajstić information content (AvgIpc) is 3.32. The summed E-state index contributed by atoms with van der Waals surface area (Å²) < 4.78 is 20.1. The first-order chi connectivity index (χ1) is 14.4. The Morgan fingerprint density at radius 3 is 2.63 bits per heavy atom. The van der Waals surface area contributed by atoms with Crippen molar-refractivity contribution in [2.75, 3.05) is 24.5 Å². The lowest BCUT2D eigenvalue weighted by Crippen LogP contribution is -2.33. The molecule has 0 aliphatic carbocycles. The second-order valence-electron chi connectivity index (χ2n) is 7.53. The largest absolute Gasteiger partial charge is 0.442 e. The SMILES string of the molecule is CC(=O)NC[C@H]1CN(c2ccc(-c3ccc(C4=NCC(C)N4)cc3)c(F)c2)C(=O)O1. The van der Waals surface area contributed by atoms with E-state index in [9.17, 15) is 14.0 Å². The number of amidine groups is 1. The number of aliphatic imine (C=N–C) groups is 1. The number of hydrogen-bond donors (Lipinski definition) is 2. The van der Waals surface area contributed by atoms with Gasteiger partial charge in [0.15, 0.2) is 0 Å². The summed E-state index contributed by atoms with van der Waals surface area (Å²) in [4.78, 5) is 29.0. The van der Waals surface area contributed by atoms with Crippen molar-refractivity contribution in [1.29, 1.82) is 0 Å². The Bertz CT molecular complexity index is 1010. The molecule has 1 fully saturated rings. The number of carbonyl (C=O) groups excluding carboxylic acids is 2. The summed E-state index contributed by atoms with van der Waals surface area (Å²) in [6.07, 6.45) is -1.02. The molecule has 8 heteroatoms. The zero-order chi connectivity index (χ0) is 21.3. The molecule has 156 valence electrons. The van der Waals surface area contributed by atoms with Crippen LogP contribution in [0.25, 0.3) is 11.1 Å². The lowest BCUT2D eigenvalue weighted by molar-refractivity contribution is -0.119. The molecule has 30 heavy (non-hydrogen) atoms. The van der Waals surface area contributed by atoms with Crippen molar-refractivity contribution < 1.29 is 18.7 Å². The van der Waals surface area contributed by atoms with Gasteiger partial charge in [-0.2, -0.15) is 0 Å². The van der Waals surface area contributed by atoms with Crippen molar-refractivity contribution in [2.45, 2.75) is 26.0 Å². The Labute approximate surface area is 173 Å². The molecule has 2 aliphatic heterocycles. The summed E-state index contributed by atoms with van der Waals surface area (Å²) in [6.45, 7) is 4.69. The number of ether oxygens (including phenoxy) is 1. The summed E-state index contributed by atoms with van der Waals surface area (Å²) in [5.41, 5.74) is 2.57. The van der Waals surface area contributed by atoms with Gasteiger partial charge in [-0.15, -0.1) is 0 Å². The first kappa shape index (κ1) is 19.9. The van der Waals surface area contributed by atoms with Crippen LogP contribution in [0, 0.1) is 5.82 Å². The molecular weight excluding hydrogens is 387 g/mol. The van der Waals surface area contributed by atoms with Crippen molar-refractivity contribution in [3.05, 3.63) is 53.8 Å². The minimum atomic E-state index is -0.555. The summed E-state index contributed by atoms with van der Waals surface area (Å²) >= 11 is 0. The molecule has 0 saturated carbocycles. The van der Waals surface area contributed by atoms with Crippen LogP contribution in [-0.4, -0.2) is 49.6 Å². The number of hydrogen-bond acceptors (Lipinski definition) is 5. The van der Waals surface area contributed by atoms with Crippen LogP contribution in [-0.2, 0) is 9.53 Å². The number of benzene rings is 2. The fourth-order valence-electron chi connectivity index (χ4n) is 3.54. The van der Waals surface area contributed by atoms with Gasteiger partial charge in [-0.3, -0.25) is 14.7 Å². The molecule has 4 rings (SSSR count). The van der Waals surface area contributed by atoms with E-state index in [1.807, 2.05) is 24.3 Å². The topological polar surface area (TPSA) is 83.0 Å². The van der Waals surface area contributed by atoms with Crippen LogP contribution in [0.3, 0.4) is 0 Å². The minimum Gasteiger partial charge on any atom is -0.442 e. The molecule has 7 nitrogen and oxygen atoms in total. The third kappa shape index (κ3) is 4.12. The van der Waals surface area contributed by atoms with Gasteiger partial charge in [0.05, 0.1) is 25.3 Å². The smallest absolute Gasteiger partial charge is 0.414 e. The molecule has 0 radical (unpaired) electrons. The van der Waals surface area contributed by atoms with Crippen molar-refractivity contribution in [2.24, 2.45) is 4.99 Å². The van der Waals surface area contributed by atoms with Crippen molar-refractivity contribution in [3.63, 3.8) is 0 Å². The average molecular weight is 410 g/mol. The molecule has 2 atom stereocenters. The van der Waals surface area contributed by atoms with Crippen LogP contribution in [0.4, 0.5) is 14.9 Å². The zero-order valence-corrected chi connectivity index (χ0v) is 16.8. The van der Waals surface area contributed by atoms with Gasteiger partial charge in [0.25, 0.3) is 0 Å². The number of cyclic esters (lactones) is 1. The highest BCUT2D eigenvalue weighted by atomic mass is 19.1. The van der Waals surface area contributed by atoms with Crippen LogP contribution in [0.2, 0.25) is 0 Å². The normalized spacial score (nSPS) is 20.6. The molecule has 2 aromatic carbocycles. The van der Waals surface area contributed by atoms with Crippen LogP contribution >= 0.6 is 0 Å². The summed E-state index contributed by atoms with van der Waals surface area (Å²) in [6, 6.07) is 12.5. The maximum atomic E-state index is 14.8. The predicted octanol–water partition coefficient (Wildman–Crippen LogP) is 2.69. The predicted molar refractivity (Wildman–Crippen MR) is 112 cm³/mol. The molecule has 1 saturated heterocycles. The van der Waals surface area contributed by atoms with E-state index >= 15 is 0 Å². The Hall–Kier alpha value is -3.42. The second-order valence-corrected chi connectivity index (χ2v) is 7.53. The number of nitrogens with one attached hydrogen (secondary N) is 2. The molecule has 2 N–H and O–H groups in total. The number of anilines is 1. The monoisotopic (exact) mass is 410 g/mol. The number of halogens is 1. The molecule has 2 amide bonds. The lowest BCUT2D eigenvalue weighted by Gasteiger charge is -2.15. The quantitative estimate of drug-likeness (QED) is 0.794. The highest BCUT2D eigenvalue weighted by Crippen LogP contribution is 2.29. The van der Waals surface area contributed by atoms with Crippen molar-refractivity contribution in [1.82, 2.24) is 10.6 Å². The minimum absolute atomic E-state index is 0.198. The van der Waals surface area contributed by atoms with Gasteiger partial charge < -0.3 is 15.4 Å². The van der Waals surface area contributed by atoms with Gasteiger partial charge in [0, 0.05) is 24.1 Å². The van der Waals surface area contributed by atoms with Gasteiger partial charge in [0.1, 0.15) is 17.8 Å². The van der Waals surface area contributed by atoms with Crippen LogP contribution in [0.15, 0.2) is 47.5 Å². The molecule has 0 spiro atoms. The third-order valence-corrected chi connectivity index (χ3v) is 5.09. The van der Waals surface area contributed by atoms with E-state index in [1.54, 1.807) is 12.1 Å². The van der Waals surface area contributed by atoms with Gasteiger partial charge in [-0.25, -0.2) is 9.18 Å². The molecule has 0 bridgehead atoms. The molecule has 2 heterocycles. The van der Waals surface area contributed by atoms with Crippen molar-refractivity contribution >= 4 is 23.5 Å². The van der Waals surface area contributed by atoms with Gasteiger partial charge in [-0.1, -0.05) is 24.3 Å². The van der Waals surface area contributed by atoms with Gasteiger partial charge in [-0.05, 0) is 30.7 Å². The second kappa shape index (κ2) is 8.14. The van der Waals surface area contributed by atoms with E-state index in [0.29, 0.717) is 17.3 Å². The fourth-order valence-corrected chi connectivity index (χ4v) is 3.54. The summed E-state index contributed by atoms with van der Waals surface area (Å²) in [5.74, 6) is 0.228. The summed E-state index contributed by atoms with van der Waals surface area (Å²) in [7, 11) is 0. The van der Waals surface area contributed by atoms with E-state index in [-0.39, 0.29) is 19.0 Å². The van der Waals surface area contributed by atoms with Crippen LogP contribution < -0.4 is 15.5 Å². The number of rotatable bonds is 5. The van der Waals surface area contributed by atoms with E-state index in [2.05, 4.69) is 22.5 Å². The first-order valence-electron chi connectivity index (χ1n) is 9.84. The Balaban J connectivity index is 1.48. The van der Waals surface area contributed by atoms with E-state index in [0.717, 1.165) is 23.5 Å². The molecule has 2 aliphatic rings. The van der Waals surface area contributed by atoms with E-state index in [1.165, 1.54) is 17.9 Å². The summed E-state index contributed by atoms with van der Waals surface area (Å²) in [5, 5.41) is 5.93. The van der Waals surface area contributed by atoms with E-state index in [4.69, 9.17) is 4.74 Å². The number of carbonyl (C=O) groups is 2. The Morgan fingerprint density at radius 2 is 2.00 bits per heavy atom. The van der Waals surface area contributed by atoms with Gasteiger partial charge >= 0.3 is 6.09 Å². The van der Waals surface area contributed by atoms with Crippen molar-refractivity contribution in [3.8, 4) is 11.1 Å². The fraction of sp³-hybridized carbons (Fsp3) is 0.318. The first-order valence-corrected chi connectivity index (χ1v) is 9.84.